The highest BCUT2D eigenvalue weighted by atomic mass is 19.4. The van der Waals surface area contributed by atoms with Gasteiger partial charge in [-0.2, -0.15) is 13.2 Å². The van der Waals surface area contributed by atoms with Gasteiger partial charge in [-0.25, -0.2) is 0 Å². The van der Waals surface area contributed by atoms with E-state index in [4.69, 9.17) is 4.74 Å². The predicted molar refractivity (Wildman–Crippen MR) is 104 cm³/mol. The molecular formula is C22H23F3N2O2. The summed E-state index contributed by atoms with van der Waals surface area (Å²) in [5.74, 6) is 0.774. The van der Waals surface area contributed by atoms with Gasteiger partial charge in [0, 0.05) is 30.9 Å². The molecule has 4 nitrogen and oxygen atoms in total. The molecule has 2 fully saturated rings. The molecule has 2 atom stereocenters. The number of amides is 1. The summed E-state index contributed by atoms with van der Waals surface area (Å²) in [6, 6.07) is 12.7. The highest BCUT2D eigenvalue weighted by Crippen LogP contribution is 2.36. The van der Waals surface area contributed by atoms with Crippen LogP contribution in [0.5, 0.6) is 5.75 Å². The molecule has 0 radical (unpaired) electrons. The van der Waals surface area contributed by atoms with Gasteiger partial charge in [-0.3, -0.25) is 4.79 Å². The zero-order valence-electron chi connectivity index (χ0n) is 16.2. The van der Waals surface area contributed by atoms with Gasteiger partial charge in [0.25, 0.3) is 5.91 Å². The lowest BCUT2D eigenvalue weighted by molar-refractivity contribution is -0.137. The van der Waals surface area contributed by atoms with Crippen molar-refractivity contribution >= 4 is 11.6 Å². The Hall–Kier alpha value is -2.70. The molecule has 29 heavy (non-hydrogen) atoms. The second kappa shape index (κ2) is 7.61. The lowest BCUT2D eigenvalue weighted by Gasteiger charge is -2.38. The molecule has 0 N–H and O–H groups in total. The van der Waals surface area contributed by atoms with Crippen molar-refractivity contribution in [2.24, 2.45) is 5.92 Å². The van der Waals surface area contributed by atoms with Crippen LogP contribution in [0.3, 0.4) is 0 Å². The van der Waals surface area contributed by atoms with Crippen molar-refractivity contribution in [1.82, 2.24) is 4.90 Å². The molecule has 154 valence electrons. The number of anilines is 1. The molecule has 4 rings (SSSR count). The van der Waals surface area contributed by atoms with Crippen molar-refractivity contribution in [3.05, 3.63) is 59.7 Å². The molecule has 0 saturated carbocycles. The highest BCUT2D eigenvalue weighted by molar-refractivity contribution is 5.94. The third-order valence-corrected chi connectivity index (χ3v) is 5.91. The van der Waals surface area contributed by atoms with Gasteiger partial charge in [0.1, 0.15) is 5.75 Å². The Morgan fingerprint density at radius 1 is 1.10 bits per heavy atom. The third-order valence-electron chi connectivity index (χ3n) is 5.91. The molecule has 2 heterocycles. The van der Waals surface area contributed by atoms with Crippen molar-refractivity contribution < 1.29 is 22.7 Å². The van der Waals surface area contributed by atoms with Crippen LogP contribution in [0.25, 0.3) is 0 Å². The van der Waals surface area contributed by atoms with Gasteiger partial charge in [0.05, 0.1) is 18.7 Å². The van der Waals surface area contributed by atoms with E-state index in [0.29, 0.717) is 19.0 Å². The lowest BCUT2D eigenvalue weighted by atomic mass is 9.91. The Balaban J connectivity index is 1.52. The quantitative estimate of drug-likeness (QED) is 0.758. The minimum Gasteiger partial charge on any atom is -0.497 e. The van der Waals surface area contributed by atoms with E-state index < -0.39 is 11.7 Å². The SMILES string of the molecule is COc1ccc(N2CCC[C@@H]3CN(C(=O)c4cccc(C(F)(F)F)c4)C[C@@H]32)cc1. The van der Waals surface area contributed by atoms with E-state index in [2.05, 4.69) is 4.90 Å². The molecule has 0 aromatic heterocycles. The first-order chi connectivity index (χ1) is 13.9. The number of methoxy groups -OCH3 is 1. The number of rotatable bonds is 3. The lowest BCUT2D eigenvalue weighted by Crippen LogP contribution is -2.45. The smallest absolute Gasteiger partial charge is 0.416 e. The van der Waals surface area contributed by atoms with Crippen LogP contribution in [-0.2, 0) is 6.18 Å². The summed E-state index contributed by atoms with van der Waals surface area (Å²) in [6.07, 6.45) is -2.41. The first-order valence-corrected chi connectivity index (χ1v) is 9.74. The number of carbonyl (C=O) groups excluding carboxylic acids is 1. The molecule has 1 amide bonds. The average molecular weight is 404 g/mol. The van der Waals surface area contributed by atoms with E-state index in [1.807, 2.05) is 24.3 Å². The molecule has 0 bridgehead atoms. The zero-order chi connectivity index (χ0) is 20.6. The minimum absolute atomic E-state index is 0.0921. The summed E-state index contributed by atoms with van der Waals surface area (Å²) in [6.45, 7) is 2.00. The number of fused-ring (bicyclic) bond motifs is 1. The van der Waals surface area contributed by atoms with Crippen LogP contribution >= 0.6 is 0 Å². The Morgan fingerprint density at radius 3 is 2.55 bits per heavy atom. The van der Waals surface area contributed by atoms with E-state index >= 15 is 0 Å². The number of likely N-dealkylation sites (tertiary alicyclic amines) is 1. The molecular weight excluding hydrogens is 381 g/mol. The van der Waals surface area contributed by atoms with E-state index in [0.717, 1.165) is 43.0 Å². The van der Waals surface area contributed by atoms with Gasteiger partial charge in [0.15, 0.2) is 0 Å². The van der Waals surface area contributed by atoms with E-state index in [9.17, 15) is 18.0 Å². The van der Waals surface area contributed by atoms with Crippen LogP contribution in [0.4, 0.5) is 18.9 Å². The molecule has 0 unspecified atom stereocenters. The summed E-state index contributed by atoms with van der Waals surface area (Å²) in [5, 5.41) is 0. The van der Waals surface area contributed by atoms with Gasteiger partial charge in [0.2, 0.25) is 0 Å². The van der Waals surface area contributed by atoms with Gasteiger partial charge < -0.3 is 14.5 Å². The number of ether oxygens (including phenoxy) is 1. The van der Waals surface area contributed by atoms with Gasteiger partial charge in [-0.15, -0.1) is 0 Å². The maximum Gasteiger partial charge on any atom is 0.416 e. The van der Waals surface area contributed by atoms with E-state index in [1.54, 1.807) is 12.0 Å². The van der Waals surface area contributed by atoms with Crippen molar-refractivity contribution in [1.29, 1.82) is 0 Å². The van der Waals surface area contributed by atoms with Crippen LogP contribution in [0.15, 0.2) is 48.5 Å². The molecule has 2 aromatic carbocycles. The number of carbonyl (C=O) groups is 1. The summed E-state index contributed by atoms with van der Waals surface area (Å²) in [7, 11) is 1.63. The first kappa shape index (κ1) is 19.6. The number of alkyl halides is 3. The van der Waals surface area contributed by atoms with Crippen molar-refractivity contribution in [3.8, 4) is 5.75 Å². The molecule has 0 aliphatic carbocycles. The predicted octanol–water partition coefficient (Wildman–Crippen LogP) is 4.46. The van der Waals surface area contributed by atoms with Crippen molar-refractivity contribution in [2.75, 3.05) is 31.6 Å². The Labute approximate surface area is 167 Å². The first-order valence-electron chi connectivity index (χ1n) is 9.74. The number of piperidine rings is 1. The van der Waals surface area contributed by atoms with Crippen LogP contribution in [0.1, 0.15) is 28.8 Å². The number of hydrogen-bond acceptors (Lipinski definition) is 3. The van der Waals surface area contributed by atoms with E-state index in [-0.39, 0.29) is 17.5 Å². The Morgan fingerprint density at radius 2 is 1.86 bits per heavy atom. The zero-order valence-corrected chi connectivity index (χ0v) is 16.2. The number of hydrogen-bond donors (Lipinski definition) is 0. The summed E-state index contributed by atoms with van der Waals surface area (Å²) in [4.78, 5) is 16.9. The molecule has 7 heteroatoms. The topological polar surface area (TPSA) is 32.8 Å². The molecule has 2 saturated heterocycles. The summed E-state index contributed by atoms with van der Waals surface area (Å²) < 4.78 is 44.2. The monoisotopic (exact) mass is 404 g/mol. The molecule has 2 aromatic rings. The minimum atomic E-state index is -4.46. The van der Waals surface area contributed by atoms with Gasteiger partial charge >= 0.3 is 6.18 Å². The average Bonchev–Trinajstić information content (AvgIpc) is 3.17. The fourth-order valence-corrected chi connectivity index (χ4v) is 4.45. The van der Waals surface area contributed by atoms with Gasteiger partial charge in [-0.05, 0) is 61.2 Å². The number of halogens is 3. The maximum atomic E-state index is 13.0. The Kier molecular flexibility index (Phi) is 5.15. The van der Waals surface area contributed by atoms with Crippen LogP contribution in [0.2, 0.25) is 0 Å². The Bertz CT molecular complexity index is 882. The van der Waals surface area contributed by atoms with Gasteiger partial charge in [-0.1, -0.05) is 6.07 Å². The highest BCUT2D eigenvalue weighted by Gasteiger charge is 2.41. The molecule has 0 spiro atoms. The number of nitrogens with zero attached hydrogens (tertiary/aromatic N) is 2. The van der Waals surface area contributed by atoms with Crippen LogP contribution in [0, 0.1) is 5.92 Å². The summed E-state index contributed by atoms with van der Waals surface area (Å²) in [5.41, 5.74) is 0.378. The normalized spacial score (nSPS) is 21.8. The van der Waals surface area contributed by atoms with Crippen LogP contribution in [-0.4, -0.2) is 43.6 Å². The third kappa shape index (κ3) is 3.91. The van der Waals surface area contributed by atoms with Crippen LogP contribution < -0.4 is 9.64 Å². The van der Waals surface area contributed by atoms with E-state index in [1.165, 1.54) is 12.1 Å². The molecule has 2 aliphatic heterocycles. The second-order valence-electron chi connectivity index (χ2n) is 7.65. The second-order valence-corrected chi connectivity index (χ2v) is 7.65. The number of benzene rings is 2. The van der Waals surface area contributed by atoms with Crippen molar-refractivity contribution in [3.63, 3.8) is 0 Å². The summed E-state index contributed by atoms with van der Waals surface area (Å²) >= 11 is 0. The van der Waals surface area contributed by atoms with Crippen molar-refractivity contribution in [2.45, 2.75) is 25.1 Å². The fourth-order valence-electron chi connectivity index (χ4n) is 4.45. The maximum absolute atomic E-state index is 13.0. The largest absolute Gasteiger partial charge is 0.497 e. The fraction of sp³-hybridized carbons (Fsp3) is 0.409. The molecule has 2 aliphatic rings. The standard InChI is InChI=1S/C22H23F3N2O2/c1-29-19-9-7-18(8-10-19)27-11-3-5-16-13-26(14-20(16)27)21(28)15-4-2-6-17(12-15)22(23,24)25/h2,4,6-10,12,16,20H,3,5,11,13-14H2,1H3/t16-,20+/m1/s1.